The van der Waals surface area contributed by atoms with Crippen LogP contribution >= 0.6 is 0 Å². The normalized spacial score (nSPS) is 20.2. The molecule has 0 bridgehead atoms. The summed E-state index contributed by atoms with van der Waals surface area (Å²) in [5.74, 6) is 0.802. The van der Waals surface area contributed by atoms with Gasteiger partial charge in [-0.1, -0.05) is 66.7 Å². The molecule has 0 saturated carbocycles. The van der Waals surface area contributed by atoms with Crippen LogP contribution in [0.25, 0.3) is 10.8 Å². The van der Waals surface area contributed by atoms with Crippen LogP contribution in [0, 0.1) is 11.3 Å². The molecule has 1 N–H and O–H groups in total. The molecule has 7 rings (SSSR count). The first-order valence-corrected chi connectivity index (χ1v) is 18.9. The maximum atomic E-state index is 13.3. The zero-order valence-corrected chi connectivity index (χ0v) is 30.9. The number of aliphatic hydroxyl groups excluding tert-OH is 1. The maximum Gasteiger partial charge on any atom is 0.410 e. The highest BCUT2D eigenvalue weighted by molar-refractivity contribution is 5.94. The minimum atomic E-state index is -0.418. The summed E-state index contributed by atoms with van der Waals surface area (Å²) in [5.41, 5.74) is 4.07. The molecule has 4 heterocycles. The Balaban J connectivity index is 1.10. The molecule has 13 heteroatoms. The minimum Gasteiger partial charge on any atom is -0.462 e. The van der Waals surface area contributed by atoms with E-state index in [2.05, 4.69) is 70.3 Å². The topological polar surface area (TPSA) is 137 Å². The van der Waals surface area contributed by atoms with Crippen LogP contribution in [0.4, 0.5) is 16.3 Å². The number of nitriles is 1. The number of hydrogen-bond donors (Lipinski definition) is 1. The number of anilines is 2. The van der Waals surface area contributed by atoms with Gasteiger partial charge in [0.2, 0.25) is 0 Å². The summed E-state index contributed by atoms with van der Waals surface area (Å²) in [6.45, 7) is 5.35. The molecule has 4 aromatic rings. The number of benzene rings is 3. The molecule has 0 aliphatic carbocycles. The van der Waals surface area contributed by atoms with E-state index in [-0.39, 0.29) is 37.8 Å². The Kier molecular flexibility index (Phi) is 12.4. The van der Waals surface area contributed by atoms with Crippen molar-refractivity contribution >= 4 is 28.4 Å². The zero-order valence-electron chi connectivity index (χ0n) is 30.9. The van der Waals surface area contributed by atoms with Gasteiger partial charge in [0.15, 0.2) is 0 Å². The molecule has 3 aliphatic heterocycles. The Morgan fingerprint density at radius 3 is 2.61 bits per heavy atom. The lowest BCUT2D eigenvalue weighted by molar-refractivity contribution is 0.00184. The average Bonchev–Trinajstić information content (AvgIpc) is 3.57. The number of likely N-dealkylation sites (tertiary alicyclic amines) is 1. The van der Waals surface area contributed by atoms with Crippen LogP contribution in [0.1, 0.15) is 29.7 Å². The number of nitrogens with zero attached hydrogens (tertiary/aromatic N) is 7. The standard InChI is InChI=1S/C41H49N7O6/c1-45-26-34(52-23-22-51-21-20-49)24-33(45)29-53-40-43-37-27-46(38-13-7-11-31-10-5-6-12-35(31)38)17-15-36(37)39(44-40)47-18-19-48(32(25-47)14-16-42)41(50)54-28-30-8-3-2-4-9-30/h2-13,32-34,49H,14-15,17-29H2,1H3/t32-,33-,34+/m0/s1. The predicted octanol–water partition coefficient (Wildman–Crippen LogP) is 4.41. The average molecular weight is 736 g/mol. The first-order chi connectivity index (χ1) is 26.5. The van der Waals surface area contributed by atoms with E-state index in [1.165, 1.54) is 16.5 Å². The second-order valence-electron chi connectivity index (χ2n) is 14.1. The summed E-state index contributed by atoms with van der Waals surface area (Å²) >= 11 is 0. The van der Waals surface area contributed by atoms with Gasteiger partial charge in [-0.3, -0.25) is 4.90 Å². The largest absolute Gasteiger partial charge is 0.462 e. The van der Waals surface area contributed by atoms with Gasteiger partial charge in [0, 0.05) is 55.4 Å². The van der Waals surface area contributed by atoms with Crippen molar-refractivity contribution in [1.82, 2.24) is 19.8 Å². The summed E-state index contributed by atoms with van der Waals surface area (Å²) in [4.78, 5) is 31.9. The molecule has 54 heavy (non-hydrogen) atoms. The lowest BCUT2D eigenvalue weighted by atomic mass is 10.0. The Morgan fingerprint density at radius 1 is 0.926 bits per heavy atom. The third-order valence-corrected chi connectivity index (χ3v) is 10.6. The molecule has 3 atom stereocenters. The fourth-order valence-corrected chi connectivity index (χ4v) is 7.73. The lowest BCUT2D eigenvalue weighted by Crippen LogP contribution is -2.55. The number of carbonyl (C=O) groups is 1. The summed E-state index contributed by atoms with van der Waals surface area (Å²) in [6, 6.07) is 26.8. The van der Waals surface area contributed by atoms with Gasteiger partial charge in [-0.2, -0.15) is 15.2 Å². The number of aromatic nitrogens is 2. The number of rotatable bonds is 14. The van der Waals surface area contributed by atoms with Gasteiger partial charge in [-0.05, 0) is 36.9 Å². The molecular weight excluding hydrogens is 686 g/mol. The van der Waals surface area contributed by atoms with Gasteiger partial charge in [0.05, 0.1) is 63.3 Å². The van der Waals surface area contributed by atoms with Crippen molar-refractivity contribution in [3.63, 3.8) is 0 Å². The van der Waals surface area contributed by atoms with Gasteiger partial charge in [-0.15, -0.1) is 0 Å². The summed E-state index contributed by atoms with van der Waals surface area (Å²) in [6.07, 6.45) is 1.36. The van der Waals surface area contributed by atoms with Gasteiger partial charge in [-0.25, -0.2) is 4.79 Å². The summed E-state index contributed by atoms with van der Waals surface area (Å²) in [7, 11) is 2.07. The van der Waals surface area contributed by atoms with Gasteiger partial charge in [0.1, 0.15) is 19.0 Å². The van der Waals surface area contributed by atoms with Crippen molar-refractivity contribution in [3.05, 3.63) is 89.6 Å². The van der Waals surface area contributed by atoms with Gasteiger partial charge in [0.25, 0.3) is 0 Å². The van der Waals surface area contributed by atoms with Crippen LogP contribution in [0.2, 0.25) is 0 Å². The number of amides is 1. The first kappa shape index (κ1) is 37.3. The molecule has 1 aromatic heterocycles. The second kappa shape index (κ2) is 17.9. The van der Waals surface area contributed by atoms with Crippen molar-refractivity contribution in [2.75, 3.05) is 82.6 Å². The Hall–Kier alpha value is -5.00. The van der Waals surface area contributed by atoms with Crippen LogP contribution in [-0.2, 0) is 33.8 Å². The van der Waals surface area contributed by atoms with E-state index in [0.717, 1.165) is 48.6 Å². The van der Waals surface area contributed by atoms with Gasteiger partial charge < -0.3 is 38.8 Å². The zero-order chi connectivity index (χ0) is 37.3. The van der Waals surface area contributed by atoms with Crippen molar-refractivity contribution in [1.29, 1.82) is 5.26 Å². The third-order valence-electron chi connectivity index (χ3n) is 10.6. The highest BCUT2D eigenvalue weighted by Crippen LogP contribution is 2.35. The third kappa shape index (κ3) is 8.85. The van der Waals surface area contributed by atoms with Crippen LogP contribution < -0.4 is 14.5 Å². The molecular formula is C41H49N7O6. The molecule has 284 valence electrons. The van der Waals surface area contributed by atoms with E-state index >= 15 is 0 Å². The molecule has 1 amide bonds. The van der Waals surface area contributed by atoms with Crippen LogP contribution in [0.3, 0.4) is 0 Å². The number of likely N-dealkylation sites (N-methyl/N-ethyl adjacent to an activating group) is 1. The van der Waals surface area contributed by atoms with E-state index in [0.29, 0.717) is 58.6 Å². The number of ether oxygens (including phenoxy) is 4. The highest BCUT2D eigenvalue weighted by atomic mass is 16.6. The maximum absolute atomic E-state index is 13.3. The fraction of sp³-hybridized carbons (Fsp3) is 0.463. The lowest BCUT2D eigenvalue weighted by Gasteiger charge is -2.42. The van der Waals surface area contributed by atoms with E-state index in [9.17, 15) is 10.1 Å². The van der Waals surface area contributed by atoms with Gasteiger partial charge >= 0.3 is 12.1 Å². The molecule has 13 nitrogen and oxygen atoms in total. The number of fused-ring (bicyclic) bond motifs is 2. The summed E-state index contributed by atoms with van der Waals surface area (Å²) in [5, 5.41) is 21.1. The number of aliphatic hydroxyl groups is 1. The predicted molar refractivity (Wildman–Crippen MR) is 204 cm³/mol. The first-order valence-electron chi connectivity index (χ1n) is 18.9. The molecule has 3 aromatic carbocycles. The van der Waals surface area contributed by atoms with Crippen LogP contribution in [0.15, 0.2) is 72.8 Å². The van der Waals surface area contributed by atoms with Crippen LogP contribution in [0.5, 0.6) is 6.01 Å². The molecule has 2 fully saturated rings. The monoisotopic (exact) mass is 735 g/mol. The van der Waals surface area contributed by atoms with E-state index in [4.69, 9.17) is 34.0 Å². The number of carbonyl (C=O) groups excluding carboxylic acids is 1. The molecule has 0 radical (unpaired) electrons. The van der Waals surface area contributed by atoms with E-state index in [1.54, 1.807) is 4.90 Å². The van der Waals surface area contributed by atoms with E-state index in [1.807, 2.05) is 30.3 Å². The molecule has 0 spiro atoms. The molecule has 0 unspecified atom stereocenters. The van der Waals surface area contributed by atoms with Crippen molar-refractivity contribution in [2.24, 2.45) is 0 Å². The summed E-state index contributed by atoms with van der Waals surface area (Å²) < 4.78 is 23.5. The van der Waals surface area contributed by atoms with Crippen LogP contribution in [-0.4, -0.2) is 122 Å². The quantitative estimate of drug-likeness (QED) is 0.184. The minimum absolute atomic E-state index is 0.000265. The fourth-order valence-electron chi connectivity index (χ4n) is 7.73. The van der Waals surface area contributed by atoms with Crippen molar-refractivity contribution in [2.45, 2.75) is 50.6 Å². The van der Waals surface area contributed by atoms with Crippen molar-refractivity contribution in [3.8, 4) is 12.1 Å². The Labute approximate surface area is 316 Å². The van der Waals surface area contributed by atoms with Crippen molar-refractivity contribution < 1.29 is 28.8 Å². The number of piperazine rings is 1. The Morgan fingerprint density at radius 2 is 1.76 bits per heavy atom. The molecule has 2 saturated heterocycles. The SMILES string of the molecule is CN1C[C@H](OCCOCCO)C[C@H]1COc1nc2c(c(N3CCN(C(=O)OCc4ccccc4)[C@@H](CC#N)C3)n1)CCN(c1cccc3ccccc13)C2. The highest BCUT2D eigenvalue weighted by Gasteiger charge is 2.36. The Bertz CT molecular complexity index is 1900. The number of hydrogen-bond acceptors (Lipinski definition) is 12. The van der Waals surface area contributed by atoms with E-state index < -0.39 is 6.09 Å². The second-order valence-corrected chi connectivity index (χ2v) is 14.1. The molecule has 3 aliphatic rings. The smallest absolute Gasteiger partial charge is 0.410 e.